The van der Waals surface area contributed by atoms with Gasteiger partial charge in [-0.05, 0) is 60.6 Å². The van der Waals surface area contributed by atoms with Crippen LogP contribution in [0.2, 0.25) is 5.02 Å². The molecule has 28 heavy (non-hydrogen) atoms. The maximum Gasteiger partial charge on any atom is 0.234 e. The van der Waals surface area contributed by atoms with E-state index in [-0.39, 0.29) is 17.7 Å². The lowest BCUT2D eigenvalue weighted by Crippen LogP contribution is -2.39. The summed E-state index contributed by atoms with van der Waals surface area (Å²) < 4.78 is 0. The highest BCUT2D eigenvalue weighted by atomic mass is 35.5. The highest BCUT2D eigenvalue weighted by Gasteiger charge is 2.29. The maximum atomic E-state index is 12.1. The Morgan fingerprint density at radius 1 is 0.964 bits per heavy atom. The normalized spacial score (nSPS) is 20.9. The second-order valence-corrected chi connectivity index (χ2v) is 7.97. The third-order valence-electron chi connectivity index (χ3n) is 5.81. The molecule has 2 saturated heterocycles. The average molecular weight is 399 g/mol. The number of hydrogen-bond donors (Lipinski definition) is 2. The smallest absolute Gasteiger partial charge is 0.234 e. The van der Waals surface area contributed by atoms with Gasteiger partial charge in [0.05, 0.1) is 16.6 Å². The van der Waals surface area contributed by atoms with Gasteiger partial charge in [0.25, 0.3) is 0 Å². The molecule has 4 rings (SSSR count). The van der Waals surface area contributed by atoms with Gasteiger partial charge in [-0.1, -0.05) is 29.8 Å². The van der Waals surface area contributed by atoms with Crippen LogP contribution in [-0.4, -0.2) is 30.0 Å². The number of phenols is 1. The van der Waals surface area contributed by atoms with Crippen molar-refractivity contribution in [1.29, 1.82) is 0 Å². The van der Waals surface area contributed by atoms with Crippen molar-refractivity contribution in [1.82, 2.24) is 5.32 Å². The summed E-state index contributed by atoms with van der Waals surface area (Å²) in [4.78, 5) is 25.7. The first-order valence-corrected chi connectivity index (χ1v) is 10.1. The van der Waals surface area contributed by atoms with Crippen LogP contribution in [0.4, 0.5) is 5.69 Å². The zero-order valence-electron chi connectivity index (χ0n) is 15.5. The summed E-state index contributed by atoms with van der Waals surface area (Å²) in [6, 6.07) is 13.3. The second kappa shape index (κ2) is 7.84. The number of carbonyl (C=O) groups excluding carboxylic acids is 2. The van der Waals surface area contributed by atoms with Gasteiger partial charge >= 0.3 is 0 Å². The van der Waals surface area contributed by atoms with Crippen LogP contribution in [0.3, 0.4) is 0 Å². The van der Waals surface area contributed by atoms with Crippen molar-refractivity contribution >= 4 is 29.1 Å². The number of aromatic hydroxyl groups is 1. The van der Waals surface area contributed by atoms with Gasteiger partial charge in [0.15, 0.2) is 0 Å². The predicted molar refractivity (Wildman–Crippen MR) is 109 cm³/mol. The van der Waals surface area contributed by atoms with E-state index in [1.807, 2.05) is 30.3 Å². The van der Waals surface area contributed by atoms with Crippen molar-refractivity contribution in [3.63, 3.8) is 0 Å². The van der Waals surface area contributed by atoms with E-state index in [1.165, 1.54) is 5.56 Å². The summed E-state index contributed by atoms with van der Waals surface area (Å²) in [5, 5.41) is 12.5. The number of nitrogens with one attached hydrogen (secondary N) is 1. The van der Waals surface area contributed by atoms with E-state index in [0.717, 1.165) is 37.2 Å². The molecule has 0 spiro atoms. The Morgan fingerprint density at radius 2 is 1.64 bits per heavy atom. The van der Waals surface area contributed by atoms with Gasteiger partial charge in [-0.2, -0.15) is 0 Å². The van der Waals surface area contributed by atoms with E-state index in [9.17, 15) is 14.7 Å². The molecule has 2 aromatic carbocycles. The molecular formula is C22H23ClN2O3. The molecule has 6 heteroatoms. The summed E-state index contributed by atoms with van der Waals surface area (Å²) in [6.07, 6.45) is 2.94. The van der Waals surface area contributed by atoms with Crippen LogP contribution in [0.25, 0.3) is 0 Å². The molecular weight excluding hydrogens is 376 g/mol. The molecule has 0 radical (unpaired) electrons. The summed E-state index contributed by atoms with van der Waals surface area (Å²) in [5.74, 6) is 0.0159. The number of phenolic OH excluding ortho intramolecular Hbond substituents is 1. The predicted octanol–water partition coefficient (Wildman–Crippen LogP) is 3.95. The van der Waals surface area contributed by atoms with Crippen molar-refractivity contribution in [2.45, 2.75) is 37.5 Å². The van der Waals surface area contributed by atoms with Crippen LogP contribution in [0, 0.1) is 0 Å². The lowest BCUT2D eigenvalue weighted by atomic mass is 9.88. The molecule has 0 bridgehead atoms. The number of halogens is 1. The zero-order valence-corrected chi connectivity index (χ0v) is 16.3. The number of imide groups is 1. The monoisotopic (exact) mass is 398 g/mol. The quantitative estimate of drug-likeness (QED) is 0.768. The SMILES string of the molecule is O=C1CCC(c2ccc(N3CCC(c4ccc(O)cc4)CC3)c(Cl)c2)C(=O)N1. The van der Waals surface area contributed by atoms with E-state index >= 15 is 0 Å². The van der Waals surface area contributed by atoms with Crippen LogP contribution in [0.15, 0.2) is 42.5 Å². The number of rotatable bonds is 3. The number of carbonyl (C=O) groups is 2. The van der Waals surface area contributed by atoms with Crippen LogP contribution in [-0.2, 0) is 9.59 Å². The van der Waals surface area contributed by atoms with E-state index in [2.05, 4.69) is 10.2 Å². The summed E-state index contributed by atoms with van der Waals surface area (Å²) in [6.45, 7) is 1.81. The number of piperidine rings is 2. The first-order chi connectivity index (χ1) is 13.5. The van der Waals surface area contributed by atoms with Gasteiger partial charge in [0, 0.05) is 19.5 Å². The van der Waals surface area contributed by atoms with E-state index in [1.54, 1.807) is 12.1 Å². The number of amides is 2. The highest BCUT2D eigenvalue weighted by molar-refractivity contribution is 6.33. The first-order valence-electron chi connectivity index (χ1n) is 9.68. The van der Waals surface area contributed by atoms with Crippen molar-refractivity contribution in [2.24, 2.45) is 0 Å². The van der Waals surface area contributed by atoms with E-state index in [0.29, 0.717) is 29.5 Å². The molecule has 2 aliphatic heterocycles. The second-order valence-electron chi connectivity index (χ2n) is 7.57. The molecule has 0 aliphatic carbocycles. The van der Waals surface area contributed by atoms with Crippen LogP contribution in [0.1, 0.15) is 48.6 Å². The molecule has 146 valence electrons. The van der Waals surface area contributed by atoms with Crippen LogP contribution >= 0.6 is 11.6 Å². The molecule has 2 N–H and O–H groups in total. The van der Waals surface area contributed by atoms with Crippen molar-refractivity contribution in [3.05, 3.63) is 58.6 Å². The molecule has 2 fully saturated rings. The third-order valence-corrected chi connectivity index (χ3v) is 6.12. The topological polar surface area (TPSA) is 69.6 Å². The molecule has 2 amide bonds. The van der Waals surface area contributed by atoms with Crippen LogP contribution < -0.4 is 10.2 Å². The third kappa shape index (κ3) is 3.85. The molecule has 5 nitrogen and oxygen atoms in total. The molecule has 2 aliphatic rings. The number of nitrogens with zero attached hydrogens (tertiary/aromatic N) is 1. The van der Waals surface area contributed by atoms with Gasteiger partial charge in [0.2, 0.25) is 11.8 Å². The Kier molecular flexibility index (Phi) is 5.27. The van der Waals surface area contributed by atoms with E-state index in [4.69, 9.17) is 11.6 Å². The van der Waals surface area contributed by atoms with Crippen LogP contribution in [0.5, 0.6) is 5.75 Å². The van der Waals surface area contributed by atoms with Gasteiger partial charge in [0.1, 0.15) is 5.75 Å². The van der Waals surface area contributed by atoms with Crippen molar-refractivity contribution in [2.75, 3.05) is 18.0 Å². The summed E-state index contributed by atoms with van der Waals surface area (Å²) in [5.41, 5.74) is 3.11. The van der Waals surface area contributed by atoms with E-state index < -0.39 is 0 Å². The fraction of sp³-hybridized carbons (Fsp3) is 0.364. The van der Waals surface area contributed by atoms with Crippen molar-refractivity contribution in [3.8, 4) is 5.75 Å². The van der Waals surface area contributed by atoms with Gasteiger partial charge in [-0.3, -0.25) is 14.9 Å². The number of anilines is 1. The lowest BCUT2D eigenvalue weighted by Gasteiger charge is -2.34. The molecule has 0 saturated carbocycles. The lowest BCUT2D eigenvalue weighted by molar-refractivity contribution is -0.134. The van der Waals surface area contributed by atoms with Gasteiger partial charge < -0.3 is 10.0 Å². The highest BCUT2D eigenvalue weighted by Crippen LogP contribution is 2.36. The Labute approximate surface area is 169 Å². The van der Waals surface area contributed by atoms with Crippen molar-refractivity contribution < 1.29 is 14.7 Å². The number of hydrogen-bond acceptors (Lipinski definition) is 4. The number of benzene rings is 2. The fourth-order valence-electron chi connectivity index (χ4n) is 4.21. The van der Waals surface area contributed by atoms with Gasteiger partial charge in [-0.15, -0.1) is 0 Å². The first kappa shape index (κ1) is 18.8. The molecule has 2 aromatic rings. The Bertz CT molecular complexity index is 889. The Hall–Kier alpha value is -2.53. The zero-order chi connectivity index (χ0) is 19.7. The largest absolute Gasteiger partial charge is 0.508 e. The fourth-order valence-corrected chi connectivity index (χ4v) is 4.52. The minimum absolute atomic E-state index is 0.208. The van der Waals surface area contributed by atoms with Gasteiger partial charge in [-0.25, -0.2) is 0 Å². The molecule has 2 heterocycles. The summed E-state index contributed by atoms with van der Waals surface area (Å²) in [7, 11) is 0. The Balaban J connectivity index is 1.43. The standard InChI is InChI=1S/C22H23ClN2O3/c23-19-13-16(18-6-8-21(27)24-22(18)28)3-7-20(19)25-11-9-15(10-12-25)14-1-4-17(26)5-2-14/h1-5,7,13,15,18,26H,6,8-12H2,(H,24,27,28). The molecule has 1 unspecified atom stereocenters. The summed E-state index contributed by atoms with van der Waals surface area (Å²) >= 11 is 6.56. The maximum absolute atomic E-state index is 12.1. The molecule has 1 atom stereocenters. The average Bonchev–Trinajstić information content (AvgIpc) is 2.69. The minimum Gasteiger partial charge on any atom is -0.508 e. The Morgan fingerprint density at radius 3 is 2.29 bits per heavy atom. The minimum atomic E-state index is -0.315. The molecule has 0 aromatic heterocycles.